The van der Waals surface area contributed by atoms with Crippen LogP contribution in [-0.2, 0) is 42.9 Å². The van der Waals surface area contributed by atoms with Gasteiger partial charge in [0.25, 0.3) is 11.1 Å². The Labute approximate surface area is 309 Å². The van der Waals surface area contributed by atoms with Crippen LogP contribution in [0.15, 0.2) is 80.3 Å². The monoisotopic (exact) mass is 762 g/mol. The summed E-state index contributed by atoms with van der Waals surface area (Å²) in [4.78, 5) is 24.9. The number of hydrogen-bond acceptors (Lipinski definition) is 8. The van der Waals surface area contributed by atoms with Crippen LogP contribution in [0.1, 0.15) is 55.9 Å². The molecule has 266 valence electrons. The van der Waals surface area contributed by atoms with E-state index in [9.17, 15) is 9.59 Å². The molecule has 0 bridgehead atoms. The van der Waals surface area contributed by atoms with E-state index in [0.29, 0.717) is 4.90 Å². The van der Waals surface area contributed by atoms with Gasteiger partial charge in [0.05, 0.1) is 22.2 Å². The van der Waals surface area contributed by atoms with Crippen molar-refractivity contribution in [2.45, 2.75) is 85.9 Å². The van der Waals surface area contributed by atoms with Crippen molar-refractivity contribution in [2.75, 3.05) is 13.2 Å². The summed E-state index contributed by atoms with van der Waals surface area (Å²) in [6.45, 7) is 12.4. The maximum absolute atomic E-state index is 11.8. The first-order valence-corrected chi connectivity index (χ1v) is 21.9. The summed E-state index contributed by atoms with van der Waals surface area (Å²) in [6.07, 6.45) is 6.98. The van der Waals surface area contributed by atoms with Crippen molar-refractivity contribution < 1.29 is 9.53 Å². The lowest BCUT2D eigenvalue weighted by Gasteiger charge is -2.36. The second kappa shape index (κ2) is 19.3. The van der Waals surface area contributed by atoms with Crippen molar-refractivity contribution in [3.05, 3.63) is 114 Å². The van der Waals surface area contributed by atoms with Gasteiger partial charge in [0.15, 0.2) is 8.32 Å². The molecule has 0 saturated heterocycles. The highest BCUT2D eigenvalue weighted by molar-refractivity contribution is 7.98. The van der Waals surface area contributed by atoms with E-state index in [1.165, 1.54) is 49.6 Å². The average molecular weight is 764 g/mol. The first kappa shape index (κ1) is 41.0. The molecule has 2 aromatic carbocycles. The average Bonchev–Trinajstić information content (AvgIpc) is 3.07. The minimum Gasteiger partial charge on any atom is -0.417 e. The maximum Gasteiger partial charge on any atom is 0.286 e. The van der Waals surface area contributed by atoms with Crippen molar-refractivity contribution in [1.29, 1.82) is 0 Å². The van der Waals surface area contributed by atoms with Crippen LogP contribution in [0.3, 0.4) is 0 Å². The van der Waals surface area contributed by atoms with E-state index >= 15 is 0 Å². The number of thioether (sulfide) groups is 2. The Bertz CT molecular complexity index is 1760. The van der Waals surface area contributed by atoms with Crippen molar-refractivity contribution in [1.82, 2.24) is 19.6 Å². The van der Waals surface area contributed by atoms with Crippen molar-refractivity contribution in [2.24, 2.45) is 14.1 Å². The lowest BCUT2D eigenvalue weighted by Crippen LogP contribution is -2.41. The molecule has 49 heavy (non-hydrogen) atoms. The second-order valence-corrected chi connectivity index (χ2v) is 20.9. The molecule has 4 rings (SSSR count). The zero-order valence-corrected chi connectivity index (χ0v) is 33.6. The van der Waals surface area contributed by atoms with Gasteiger partial charge in [-0.25, -0.2) is 9.36 Å². The first-order chi connectivity index (χ1) is 23.1. The van der Waals surface area contributed by atoms with E-state index in [2.05, 4.69) is 92.6 Å². The van der Waals surface area contributed by atoms with E-state index in [1.54, 1.807) is 26.5 Å². The topological polar surface area (TPSA) is 99.2 Å². The molecule has 0 aliphatic rings. The normalized spacial score (nSPS) is 11.7. The van der Waals surface area contributed by atoms with Crippen LogP contribution in [-0.4, -0.2) is 46.2 Å². The van der Waals surface area contributed by atoms with Gasteiger partial charge >= 0.3 is 0 Å². The maximum atomic E-state index is 11.8. The summed E-state index contributed by atoms with van der Waals surface area (Å²) in [6, 6.07) is 16.9. The minimum atomic E-state index is -1.65. The zero-order valence-electron chi connectivity index (χ0n) is 29.5. The summed E-state index contributed by atoms with van der Waals surface area (Å²) in [7, 11) is 1.52. The van der Waals surface area contributed by atoms with E-state index < -0.39 is 8.32 Å². The Morgan fingerprint density at radius 3 is 1.51 bits per heavy atom. The van der Waals surface area contributed by atoms with Crippen LogP contribution in [0.4, 0.5) is 0 Å². The van der Waals surface area contributed by atoms with E-state index in [-0.39, 0.29) is 32.8 Å². The Hall–Kier alpha value is -2.38. The third-order valence-corrected chi connectivity index (χ3v) is 16.1. The summed E-state index contributed by atoms with van der Waals surface area (Å²) in [5.41, 5.74) is 4.35. The van der Waals surface area contributed by atoms with Crippen LogP contribution in [0.5, 0.6) is 0 Å². The molecular weight excluding hydrogens is 716 g/mol. The second-order valence-electron chi connectivity index (χ2n) is 13.3. The van der Waals surface area contributed by atoms with Gasteiger partial charge in [0, 0.05) is 38.8 Å². The number of nitrogens with zero attached hydrogens (tertiary/aromatic N) is 4. The number of aryl methyl sites for hydroxylation is 4. The zero-order chi connectivity index (χ0) is 36.2. The Kier molecular flexibility index (Phi) is 16.2. The van der Waals surface area contributed by atoms with Crippen LogP contribution >= 0.6 is 46.7 Å². The largest absolute Gasteiger partial charge is 0.417 e. The number of aliphatic hydroxyl groups is 1. The van der Waals surface area contributed by atoms with Gasteiger partial charge in [-0.1, -0.05) is 92.5 Å². The van der Waals surface area contributed by atoms with Crippen LogP contribution in [0.25, 0.3) is 0 Å². The number of rotatable bonds is 14. The highest BCUT2D eigenvalue weighted by Crippen LogP contribution is 2.36. The number of aromatic nitrogens is 4. The summed E-state index contributed by atoms with van der Waals surface area (Å²) < 4.78 is 8.72. The Morgan fingerprint density at radius 2 is 1.12 bits per heavy atom. The highest BCUT2D eigenvalue weighted by atomic mass is 35.5. The van der Waals surface area contributed by atoms with Crippen LogP contribution < -0.4 is 11.1 Å². The van der Waals surface area contributed by atoms with Gasteiger partial charge < -0.3 is 9.53 Å². The molecule has 0 atom stereocenters. The predicted molar refractivity (Wildman–Crippen MR) is 208 cm³/mol. The fraction of sp³-hybridized carbons (Fsp3) is 0.444. The highest BCUT2D eigenvalue weighted by Gasteiger charge is 2.36. The quantitative estimate of drug-likeness (QED) is 0.0778. The summed E-state index contributed by atoms with van der Waals surface area (Å²) in [5.74, 6) is 1.48. The number of halogens is 2. The van der Waals surface area contributed by atoms with Crippen LogP contribution in [0.2, 0.25) is 28.2 Å². The van der Waals surface area contributed by atoms with Gasteiger partial charge in [-0.3, -0.25) is 9.59 Å². The van der Waals surface area contributed by atoms with Gasteiger partial charge in [-0.2, -0.15) is 10.2 Å². The van der Waals surface area contributed by atoms with Crippen LogP contribution in [0, 0.1) is 0 Å². The lowest BCUT2D eigenvalue weighted by atomic mass is 10.1. The molecule has 1 N–H and O–H groups in total. The SMILES string of the molecule is Cn1ncc(SCc2ccc(CCCO)cc2)c(Cl)c1=O.Cn1ncc(SCc2ccc(CCCO[Si](C)(C)C(C)(C)C)cc2)c(Cl)c1=O. The fourth-order valence-corrected chi connectivity index (χ4v) is 7.68. The van der Waals surface area contributed by atoms with Crippen molar-refractivity contribution in [3.63, 3.8) is 0 Å². The lowest BCUT2D eigenvalue weighted by molar-refractivity contribution is 0.282. The first-order valence-electron chi connectivity index (χ1n) is 16.2. The van der Waals surface area contributed by atoms with E-state index in [1.807, 2.05) is 0 Å². The predicted octanol–water partition coefficient (Wildman–Crippen LogP) is 8.33. The molecule has 0 aliphatic carbocycles. The van der Waals surface area contributed by atoms with E-state index in [0.717, 1.165) is 54.3 Å². The molecule has 4 aromatic rings. The minimum absolute atomic E-state index is 0.214. The van der Waals surface area contributed by atoms with Gasteiger partial charge in [-0.05, 0) is 66.1 Å². The Morgan fingerprint density at radius 1 is 0.735 bits per heavy atom. The van der Waals surface area contributed by atoms with Crippen molar-refractivity contribution in [3.8, 4) is 0 Å². The summed E-state index contributed by atoms with van der Waals surface area (Å²) in [5, 5.41) is 17.5. The molecule has 0 spiro atoms. The summed E-state index contributed by atoms with van der Waals surface area (Å²) >= 11 is 15.2. The molecule has 0 saturated carbocycles. The number of benzene rings is 2. The molecule has 8 nitrogen and oxygen atoms in total. The van der Waals surface area contributed by atoms with Gasteiger partial charge in [0.2, 0.25) is 0 Å². The van der Waals surface area contributed by atoms with E-state index in [4.69, 9.17) is 32.7 Å². The molecule has 13 heteroatoms. The van der Waals surface area contributed by atoms with Gasteiger partial charge in [-0.15, -0.1) is 23.5 Å². The third-order valence-electron chi connectivity index (χ3n) is 8.43. The molecule has 0 unspecified atom stereocenters. The molecular formula is C36H48Cl2N4O4S2Si. The molecule has 0 aliphatic heterocycles. The standard InChI is InChI=1S/C21H31ClN2O2SSi.C15H17ClN2O2S/c1-21(2,3)28(5,6)26-13-7-8-16-9-11-17(12-10-16)15-27-18-14-23-24(4)20(25)19(18)22;1-18-15(20)14(16)13(9-17-18)21-10-12-6-4-11(5-7-12)3-2-8-19/h9-12,14H,7-8,13,15H2,1-6H3;4-7,9,19H,2-3,8,10H2,1H3. The smallest absolute Gasteiger partial charge is 0.286 e. The van der Waals surface area contributed by atoms with Crippen molar-refractivity contribution >= 4 is 55.0 Å². The molecule has 2 heterocycles. The van der Waals surface area contributed by atoms with Gasteiger partial charge in [0.1, 0.15) is 10.0 Å². The Balaban J connectivity index is 0.000000276. The molecule has 0 amide bonds. The molecule has 0 radical (unpaired) electrons. The third kappa shape index (κ3) is 12.7. The number of aliphatic hydroxyl groups excluding tert-OH is 1. The number of hydrogen-bond donors (Lipinski definition) is 1. The fourth-order valence-electron chi connectivity index (χ4n) is 4.22. The molecule has 0 fully saturated rings. The molecule has 2 aromatic heterocycles.